The lowest BCUT2D eigenvalue weighted by molar-refractivity contribution is -0.147. The number of carbonyl (C=O) groups is 1. The van der Waals surface area contributed by atoms with Gasteiger partial charge in [-0.1, -0.05) is 64.4 Å². The second-order valence-corrected chi connectivity index (χ2v) is 12.2. The molecule has 6 atom stereocenters. The molecule has 2 fully saturated rings. The molecule has 1 heterocycles. The van der Waals surface area contributed by atoms with E-state index in [4.69, 9.17) is 18.8 Å². The van der Waals surface area contributed by atoms with Gasteiger partial charge in [-0.15, -0.1) is 0 Å². The van der Waals surface area contributed by atoms with Gasteiger partial charge >= 0.3 is 13.1 Å². The van der Waals surface area contributed by atoms with Crippen molar-refractivity contribution in [3.05, 3.63) is 35.9 Å². The first-order valence-electron chi connectivity index (χ1n) is 12.2. The molecule has 0 amide bonds. The van der Waals surface area contributed by atoms with Crippen molar-refractivity contribution in [2.24, 2.45) is 17.3 Å². The van der Waals surface area contributed by atoms with Crippen LogP contribution in [0.5, 0.6) is 0 Å². The van der Waals surface area contributed by atoms with Crippen LogP contribution in [-0.2, 0) is 30.2 Å². The van der Waals surface area contributed by atoms with Gasteiger partial charge in [0.25, 0.3) is 0 Å². The number of hydrogen-bond acceptors (Lipinski definition) is 7. The van der Waals surface area contributed by atoms with Gasteiger partial charge in [-0.25, -0.2) is 4.72 Å². The predicted molar refractivity (Wildman–Crippen MR) is 146 cm³/mol. The van der Waals surface area contributed by atoms with Gasteiger partial charge in [0.15, 0.2) is 0 Å². The summed E-state index contributed by atoms with van der Waals surface area (Å²) in [6.07, 6.45) is 3.10. The Hall–Kier alpha value is -0.325. The summed E-state index contributed by atoms with van der Waals surface area (Å²) in [5, 5.41) is 0. The van der Waals surface area contributed by atoms with Crippen LogP contribution in [0.15, 0.2) is 30.3 Å². The summed E-state index contributed by atoms with van der Waals surface area (Å²) < 4.78 is 27.4. The molecular formula is C25H39BINO5S. The fourth-order valence-electron chi connectivity index (χ4n) is 5.35. The molecule has 0 radical (unpaired) electrons. The Morgan fingerprint density at radius 1 is 1.29 bits per heavy atom. The van der Waals surface area contributed by atoms with E-state index in [2.05, 4.69) is 60.5 Å². The van der Waals surface area contributed by atoms with Crippen LogP contribution in [0, 0.1) is 17.3 Å². The summed E-state index contributed by atoms with van der Waals surface area (Å²) >= 11 is 2.12. The average molecular weight is 603 g/mol. The molecule has 1 saturated heterocycles. The van der Waals surface area contributed by atoms with E-state index in [1.165, 1.54) is 16.2 Å². The molecule has 190 valence electrons. The van der Waals surface area contributed by atoms with Crippen LogP contribution >= 0.6 is 30.3 Å². The Labute approximate surface area is 221 Å². The van der Waals surface area contributed by atoms with E-state index in [9.17, 15) is 4.79 Å². The molecule has 1 aromatic rings. The predicted octanol–water partition coefficient (Wildman–Crippen LogP) is 5.85. The topological polar surface area (TPSA) is 66.0 Å². The van der Waals surface area contributed by atoms with E-state index in [0.717, 1.165) is 24.7 Å². The third-order valence-electron chi connectivity index (χ3n) is 8.39. The van der Waals surface area contributed by atoms with Crippen LogP contribution < -0.4 is 4.72 Å². The molecular weight excluding hydrogens is 564 g/mol. The number of carbonyl (C=O) groups excluding carboxylic acids is 1. The molecule has 6 nitrogen and oxygen atoms in total. The molecule has 34 heavy (non-hydrogen) atoms. The van der Waals surface area contributed by atoms with Gasteiger partial charge in [-0.3, -0.25) is 4.79 Å². The highest BCUT2D eigenvalue weighted by Gasteiger charge is 2.59. The standard InChI is InChI=1S/C25H39BINO5S/c1-17-15-21-25(5,18(2)24(17,3)4)33-26(32-21)14-10-13-20(22(28-34-27)23(29)30-6)31-16-19-11-8-7-9-12-19/h7-9,11-12,17-18,20-22,28H,10,13-16H2,1-6H3/t17-,18-,20-,21+,22-,25-/m0/s1. The first-order valence-corrected chi connectivity index (χ1v) is 15.6. The third-order valence-corrected chi connectivity index (χ3v) is 9.49. The molecule has 0 unspecified atom stereocenters. The number of esters is 1. The smallest absolute Gasteiger partial charge is 0.457 e. The van der Waals surface area contributed by atoms with Crippen LogP contribution in [-0.4, -0.2) is 44.0 Å². The molecule has 1 aliphatic heterocycles. The van der Waals surface area contributed by atoms with E-state index in [1.54, 1.807) is 0 Å². The van der Waals surface area contributed by atoms with E-state index in [1.807, 2.05) is 30.3 Å². The number of halogens is 1. The highest BCUT2D eigenvalue weighted by atomic mass is 127. The maximum atomic E-state index is 12.5. The number of rotatable bonds is 11. The Balaban J connectivity index is 1.61. The summed E-state index contributed by atoms with van der Waals surface area (Å²) in [6, 6.07) is 9.45. The molecule has 1 N–H and O–H groups in total. The average Bonchev–Trinajstić information content (AvgIpc) is 3.15. The third kappa shape index (κ3) is 6.32. The van der Waals surface area contributed by atoms with Gasteiger partial charge < -0.3 is 18.8 Å². The van der Waals surface area contributed by atoms with Crippen molar-refractivity contribution in [3.63, 3.8) is 0 Å². The Morgan fingerprint density at radius 3 is 2.65 bits per heavy atom. The van der Waals surface area contributed by atoms with Gasteiger partial charge in [0.1, 0.15) is 6.04 Å². The number of methoxy groups -OCH3 is 1. The van der Waals surface area contributed by atoms with Crippen LogP contribution in [0.2, 0.25) is 6.32 Å². The van der Waals surface area contributed by atoms with Crippen LogP contribution in [0.1, 0.15) is 59.4 Å². The van der Waals surface area contributed by atoms with Gasteiger partial charge in [0, 0.05) is 21.2 Å². The molecule has 2 aliphatic rings. The van der Waals surface area contributed by atoms with Gasteiger partial charge in [0.2, 0.25) is 0 Å². The highest BCUT2D eigenvalue weighted by Crippen LogP contribution is 2.54. The summed E-state index contributed by atoms with van der Waals surface area (Å²) in [6.45, 7) is 12.0. The highest BCUT2D eigenvalue weighted by molar-refractivity contribution is 14.2. The van der Waals surface area contributed by atoms with Crippen LogP contribution in [0.25, 0.3) is 0 Å². The maximum absolute atomic E-state index is 12.5. The molecule has 1 saturated carbocycles. The Morgan fingerprint density at radius 2 is 2.00 bits per heavy atom. The molecule has 0 bridgehead atoms. The van der Waals surface area contributed by atoms with E-state index in [0.29, 0.717) is 24.9 Å². The fourth-order valence-corrected chi connectivity index (χ4v) is 6.52. The second kappa shape index (κ2) is 12.3. The van der Waals surface area contributed by atoms with E-state index >= 15 is 0 Å². The number of benzene rings is 1. The minimum atomic E-state index is -0.553. The van der Waals surface area contributed by atoms with Crippen molar-refractivity contribution >= 4 is 43.4 Å². The number of fused-ring (bicyclic) bond motifs is 1. The largest absolute Gasteiger partial charge is 0.468 e. The summed E-state index contributed by atoms with van der Waals surface area (Å²) in [4.78, 5) is 12.5. The SMILES string of the molecule is COC(=O)[C@@H](NSI)[C@H](CCCB1O[C@@H]2C[C@H](C)C(C)(C)[C@H](C)[C@]2(C)O1)OCc1ccccc1. The van der Waals surface area contributed by atoms with Crippen molar-refractivity contribution in [1.29, 1.82) is 0 Å². The number of nitrogens with one attached hydrogen (secondary N) is 1. The normalized spacial score (nSPS) is 30.0. The van der Waals surface area contributed by atoms with E-state index in [-0.39, 0.29) is 36.3 Å². The molecule has 0 aromatic heterocycles. The van der Waals surface area contributed by atoms with Gasteiger partial charge in [-0.05, 0) is 58.0 Å². The lowest BCUT2D eigenvalue weighted by atomic mass is 9.57. The number of ether oxygens (including phenoxy) is 2. The fraction of sp³-hybridized carbons (Fsp3) is 0.720. The van der Waals surface area contributed by atoms with Crippen molar-refractivity contribution in [2.75, 3.05) is 7.11 Å². The first-order chi connectivity index (χ1) is 16.1. The molecule has 1 aliphatic carbocycles. The zero-order chi connectivity index (χ0) is 24.9. The van der Waals surface area contributed by atoms with Gasteiger partial charge in [0.05, 0.1) is 31.5 Å². The van der Waals surface area contributed by atoms with Crippen molar-refractivity contribution in [1.82, 2.24) is 4.72 Å². The Bertz CT molecular complexity index is 803. The quantitative estimate of drug-likeness (QED) is 0.148. The summed E-state index contributed by atoms with van der Waals surface area (Å²) in [5.74, 6) is 0.657. The minimum Gasteiger partial charge on any atom is -0.468 e. The van der Waals surface area contributed by atoms with Gasteiger partial charge in [-0.2, -0.15) is 0 Å². The Kier molecular flexibility index (Phi) is 10.2. The van der Waals surface area contributed by atoms with Crippen molar-refractivity contribution < 1.29 is 23.6 Å². The lowest BCUT2D eigenvalue weighted by Crippen LogP contribution is -2.56. The first kappa shape index (κ1) is 28.2. The maximum Gasteiger partial charge on any atom is 0.457 e. The summed E-state index contributed by atoms with van der Waals surface area (Å²) in [7, 11) is 2.55. The monoisotopic (exact) mass is 603 g/mol. The lowest BCUT2D eigenvalue weighted by Gasteiger charge is -2.53. The molecule has 9 heteroatoms. The van der Waals surface area contributed by atoms with Crippen LogP contribution in [0.4, 0.5) is 0 Å². The van der Waals surface area contributed by atoms with Crippen LogP contribution in [0.3, 0.4) is 0 Å². The molecule has 1 aromatic carbocycles. The number of hydrogen-bond donors (Lipinski definition) is 1. The zero-order valence-corrected chi connectivity index (χ0v) is 24.2. The van der Waals surface area contributed by atoms with E-state index < -0.39 is 6.04 Å². The molecule has 3 rings (SSSR count). The van der Waals surface area contributed by atoms with Crippen molar-refractivity contribution in [3.8, 4) is 0 Å². The summed E-state index contributed by atoms with van der Waals surface area (Å²) in [5.41, 5.74) is 1.01. The molecule has 0 spiro atoms. The minimum absolute atomic E-state index is 0.126. The second-order valence-electron chi connectivity index (χ2n) is 10.5. The van der Waals surface area contributed by atoms with Crippen molar-refractivity contribution in [2.45, 2.75) is 90.7 Å². The zero-order valence-electron chi connectivity index (χ0n) is 21.2.